The summed E-state index contributed by atoms with van der Waals surface area (Å²) in [7, 11) is 0. The topological polar surface area (TPSA) is 75.6 Å². The Morgan fingerprint density at radius 1 is 1.46 bits per heavy atom. The van der Waals surface area contributed by atoms with Crippen molar-refractivity contribution < 1.29 is 19.4 Å². The van der Waals surface area contributed by atoms with Gasteiger partial charge in [0.05, 0.1) is 13.2 Å². The van der Waals surface area contributed by atoms with Crippen molar-refractivity contribution in [1.29, 1.82) is 0 Å². The highest BCUT2D eigenvalue weighted by atomic mass is 16.5. The minimum Gasteiger partial charge on any atom is -0.480 e. The molecule has 1 aliphatic rings. The van der Waals surface area contributed by atoms with Gasteiger partial charge in [-0.1, -0.05) is 0 Å². The summed E-state index contributed by atoms with van der Waals surface area (Å²) in [4.78, 5) is 22.2. The minimum absolute atomic E-state index is 0.0269. The van der Waals surface area contributed by atoms with Gasteiger partial charge < -0.3 is 15.2 Å². The average Bonchev–Trinajstić information content (AvgIpc) is 1.79. The Morgan fingerprint density at radius 2 is 2.00 bits per heavy atom. The summed E-state index contributed by atoms with van der Waals surface area (Å²) in [5.74, 6) is -1.57. The van der Waals surface area contributed by atoms with Crippen molar-refractivity contribution in [2.75, 3.05) is 13.2 Å². The van der Waals surface area contributed by atoms with E-state index in [9.17, 15) is 9.59 Å². The Balaban J connectivity index is 2.66. The van der Waals surface area contributed by atoms with E-state index in [1.165, 1.54) is 0 Å². The van der Waals surface area contributed by atoms with Crippen LogP contribution < -0.4 is 5.32 Å². The molecular formula is C8H13NO4. The molecule has 0 unspecified atom stereocenters. The van der Waals surface area contributed by atoms with Crippen LogP contribution in [0.15, 0.2) is 0 Å². The van der Waals surface area contributed by atoms with Crippen molar-refractivity contribution in [2.24, 2.45) is 5.41 Å². The van der Waals surface area contributed by atoms with Gasteiger partial charge in [-0.25, -0.2) is 0 Å². The van der Waals surface area contributed by atoms with Crippen LogP contribution in [0, 0.1) is 5.41 Å². The molecule has 5 heteroatoms. The van der Waals surface area contributed by atoms with Crippen LogP contribution in [0.2, 0.25) is 0 Å². The number of carboxylic acids is 1. The van der Waals surface area contributed by atoms with Gasteiger partial charge in [-0.15, -0.1) is 0 Å². The fourth-order valence-corrected chi connectivity index (χ4v) is 1.06. The molecule has 1 aliphatic heterocycles. The number of carbonyl (C=O) groups excluding carboxylic acids is 1. The van der Waals surface area contributed by atoms with E-state index in [0.717, 1.165) is 0 Å². The Morgan fingerprint density at radius 3 is 2.23 bits per heavy atom. The SMILES string of the molecule is CC(C)NC(=O)C1(C(=O)O)COC1. The Kier molecular flexibility index (Phi) is 2.56. The molecule has 5 nitrogen and oxygen atoms in total. The van der Waals surface area contributed by atoms with E-state index in [0.29, 0.717) is 0 Å². The normalized spacial score (nSPS) is 19.3. The maximum absolute atomic E-state index is 11.4. The van der Waals surface area contributed by atoms with Crippen molar-refractivity contribution in [3.05, 3.63) is 0 Å². The fourth-order valence-electron chi connectivity index (χ4n) is 1.06. The molecule has 0 aliphatic carbocycles. The number of nitrogens with one attached hydrogen (secondary N) is 1. The van der Waals surface area contributed by atoms with E-state index in [1.54, 1.807) is 13.8 Å². The standard InChI is InChI=1S/C8H13NO4/c1-5(2)9-6(10)8(7(11)12)3-13-4-8/h5H,3-4H2,1-2H3,(H,9,10)(H,11,12). The maximum Gasteiger partial charge on any atom is 0.324 e. The zero-order chi connectivity index (χ0) is 10.1. The number of rotatable bonds is 3. The molecule has 0 saturated carbocycles. The van der Waals surface area contributed by atoms with E-state index in [1.807, 2.05) is 0 Å². The van der Waals surface area contributed by atoms with Gasteiger partial charge in [0, 0.05) is 6.04 Å². The molecule has 1 saturated heterocycles. The Bertz CT molecular complexity index is 232. The van der Waals surface area contributed by atoms with Crippen molar-refractivity contribution in [1.82, 2.24) is 5.32 Å². The van der Waals surface area contributed by atoms with E-state index < -0.39 is 17.3 Å². The summed E-state index contributed by atoms with van der Waals surface area (Å²) >= 11 is 0. The quantitative estimate of drug-likeness (QED) is 0.590. The number of ether oxygens (including phenoxy) is 1. The van der Waals surface area contributed by atoms with Crippen molar-refractivity contribution in [2.45, 2.75) is 19.9 Å². The molecule has 0 atom stereocenters. The molecule has 1 fully saturated rings. The smallest absolute Gasteiger partial charge is 0.324 e. The predicted octanol–water partition coefficient (Wildman–Crippen LogP) is -0.388. The first-order chi connectivity index (χ1) is 5.99. The molecule has 0 aromatic carbocycles. The summed E-state index contributed by atoms with van der Waals surface area (Å²) in [6, 6.07) is -0.0516. The summed E-state index contributed by atoms with van der Waals surface area (Å²) in [6.45, 7) is 3.52. The van der Waals surface area contributed by atoms with Crippen LogP contribution in [0.1, 0.15) is 13.8 Å². The molecule has 2 N–H and O–H groups in total. The zero-order valence-electron chi connectivity index (χ0n) is 7.66. The number of amides is 1. The molecule has 1 heterocycles. The van der Waals surface area contributed by atoms with Gasteiger partial charge in [0.25, 0.3) is 0 Å². The van der Waals surface area contributed by atoms with Crippen LogP contribution in [-0.4, -0.2) is 36.2 Å². The Hall–Kier alpha value is -1.10. The monoisotopic (exact) mass is 187 g/mol. The maximum atomic E-state index is 11.4. The third-order valence-corrected chi connectivity index (χ3v) is 1.96. The summed E-state index contributed by atoms with van der Waals surface area (Å²) in [5, 5.41) is 11.4. The van der Waals surface area contributed by atoms with Crippen molar-refractivity contribution >= 4 is 11.9 Å². The summed E-state index contributed by atoms with van der Waals surface area (Å²) in [6.07, 6.45) is 0. The molecule has 0 aromatic rings. The van der Waals surface area contributed by atoms with E-state index in [-0.39, 0.29) is 19.3 Å². The second-order valence-electron chi connectivity index (χ2n) is 3.51. The highest BCUT2D eigenvalue weighted by molar-refractivity contribution is 6.03. The first-order valence-electron chi connectivity index (χ1n) is 4.11. The van der Waals surface area contributed by atoms with Crippen LogP contribution in [0.25, 0.3) is 0 Å². The third kappa shape index (κ3) is 1.65. The van der Waals surface area contributed by atoms with Gasteiger partial charge in [-0.3, -0.25) is 9.59 Å². The van der Waals surface area contributed by atoms with Crippen LogP contribution in [-0.2, 0) is 14.3 Å². The first kappa shape index (κ1) is 9.98. The van der Waals surface area contributed by atoms with Crippen LogP contribution in [0.5, 0.6) is 0 Å². The van der Waals surface area contributed by atoms with E-state index in [2.05, 4.69) is 5.32 Å². The third-order valence-electron chi connectivity index (χ3n) is 1.96. The number of hydrogen-bond donors (Lipinski definition) is 2. The lowest BCUT2D eigenvalue weighted by atomic mass is 9.85. The highest BCUT2D eigenvalue weighted by Gasteiger charge is 2.53. The van der Waals surface area contributed by atoms with Crippen LogP contribution >= 0.6 is 0 Å². The second-order valence-corrected chi connectivity index (χ2v) is 3.51. The van der Waals surface area contributed by atoms with Gasteiger partial charge in [-0.2, -0.15) is 0 Å². The van der Waals surface area contributed by atoms with E-state index >= 15 is 0 Å². The number of hydrogen-bond acceptors (Lipinski definition) is 3. The van der Waals surface area contributed by atoms with Crippen molar-refractivity contribution in [3.8, 4) is 0 Å². The Labute approximate surface area is 76.1 Å². The molecule has 0 aromatic heterocycles. The lowest BCUT2D eigenvalue weighted by Gasteiger charge is -2.36. The molecular weight excluding hydrogens is 174 g/mol. The van der Waals surface area contributed by atoms with Crippen LogP contribution in [0.4, 0.5) is 0 Å². The summed E-state index contributed by atoms with van der Waals surface area (Å²) < 4.78 is 4.76. The number of carbonyl (C=O) groups is 2. The number of carboxylic acid groups (broad SMARTS) is 1. The number of aliphatic carboxylic acids is 1. The fraction of sp³-hybridized carbons (Fsp3) is 0.750. The van der Waals surface area contributed by atoms with Crippen LogP contribution in [0.3, 0.4) is 0 Å². The minimum atomic E-state index is -1.34. The van der Waals surface area contributed by atoms with E-state index in [4.69, 9.17) is 9.84 Å². The van der Waals surface area contributed by atoms with Gasteiger partial charge in [0.1, 0.15) is 0 Å². The molecule has 0 bridgehead atoms. The van der Waals surface area contributed by atoms with Gasteiger partial charge in [-0.05, 0) is 13.8 Å². The average molecular weight is 187 g/mol. The molecule has 1 rings (SSSR count). The molecule has 1 amide bonds. The second kappa shape index (κ2) is 3.33. The molecule has 0 spiro atoms. The van der Waals surface area contributed by atoms with Crippen molar-refractivity contribution in [3.63, 3.8) is 0 Å². The van der Waals surface area contributed by atoms with Gasteiger partial charge in [0.15, 0.2) is 5.41 Å². The molecule has 0 radical (unpaired) electrons. The predicted molar refractivity (Wildman–Crippen MR) is 44.2 cm³/mol. The largest absolute Gasteiger partial charge is 0.480 e. The lowest BCUT2D eigenvalue weighted by Crippen LogP contribution is -2.59. The summed E-state index contributed by atoms with van der Waals surface area (Å²) in [5.41, 5.74) is -1.34. The zero-order valence-corrected chi connectivity index (χ0v) is 7.66. The lowest BCUT2D eigenvalue weighted by molar-refractivity contribution is -0.185. The van der Waals surface area contributed by atoms with Gasteiger partial charge in [0.2, 0.25) is 5.91 Å². The molecule has 74 valence electrons. The van der Waals surface area contributed by atoms with Gasteiger partial charge >= 0.3 is 5.97 Å². The molecule has 13 heavy (non-hydrogen) atoms. The first-order valence-corrected chi connectivity index (χ1v) is 4.11. The highest BCUT2D eigenvalue weighted by Crippen LogP contribution is 2.28.